The number of phenols is 7. The Kier molecular flexibility index (Phi) is 3.08. The smallest absolute Gasteiger partial charge is 0.236 e. The maximum Gasteiger partial charge on any atom is 0.236 e. The first-order valence-corrected chi connectivity index (χ1v) is 6.42. The van der Waals surface area contributed by atoms with Crippen molar-refractivity contribution in [1.29, 1.82) is 0 Å². The molecule has 0 aliphatic carbocycles. The average Bonchev–Trinajstić information content (AvgIpc) is 2.88. The molecule has 0 aromatic heterocycles. The normalized spacial score (nSPS) is 14.7. The van der Waals surface area contributed by atoms with Crippen molar-refractivity contribution in [3.63, 3.8) is 0 Å². The van der Waals surface area contributed by atoms with Crippen LogP contribution < -0.4 is 4.74 Å². The first kappa shape index (κ1) is 15.2. The highest BCUT2D eigenvalue weighted by molar-refractivity contribution is 6.17. The lowest BCUT2D eigenvalue weighted by molar-refractivity contribution is 0.101. The van der Waals surface area contributed by atoms with E-state index in [4.69, 9.17) is 4.74 Å². The van der Waals surface area contributed by atoms with Gasteiger partial charge in [-0.2, -0.15) is 0 Å². The fourth-order valence-electron chi connectivity index (χ4n) is 2.20. The molecule has 1 heterocycles. The minimum Gasteiger partial charge on any atom is -0.504 e. The molecule has 0 saturated heterocycles. The molecule has 0 spiro atoms. The Hall–Kier alpha value is -3.75. The summed E-state index contributed by atoms with van der Waals surface area (Å²) < 4.78 is 5.07. The zero-order valence-corrected chi connectivity index (χ0v) is 11.7. The van der Waals surface area contributed by atoms with Crippen LogP contribution in [-0.2, 0) is 0 Å². The molecule has 0 fully saturated rings. The van der Waals surface area contributed by atoms with Gasteiger partial charge in [-0.25, -0.2) is 0 Å². The van der Waals surface area contributed by atoms with E-state index in [2.05, 4.69) is 0 Å². The lowest BCUT2D eigenvalue weighted by Gasteiger charge is -2.07. The van der Waals surface area contributed by atoms with E-state index in [1.165, 1.54) is 6.07 Å². The number of Topliss-reactive ketones (excluding diaryl/α,β-unsaturated/α-hetero) is 1. The average molecular weight is 334 g/mol. The van der Waals surface area contributed by atoms with E-state index in [0.29, 0.717) is 0 Å². The van der Waals surface area contributed by atoms with Gasteiger partial charge >= 0.3 is 0 Å². The fourth-order valence-corrected chi connectivity index (χ4v) is 2.20. The second-order valence-electron chi connectivity index (χ2n) is 4.91. The predicted octanol–water partition coefficient (Wildman–Crippen LogP) is 1.24. The van der Waals surface area contributed by atoms with Crippen molar-refractivity contribution in [2.75, 3.05) is 0 Å². The number of allylic oxidation sites excluding steroid dienone is 1. The molecule has 0 radical (unpaired) electrons. The summed E-state index contributed by atoms with van der Waals surface area (Å²) in [6.07, 6.45) is 0.976. The maximum absolute atomic E-state index is 12.3. The topological polar surface area (TPSA) is 168 Å². The highest BCUT2D eigenvalue weighted by atomic mass is 16.5. The Balaban J connectivity index is 2.14. The van der Waals surface area contributed by atoms with Gasteiger partial charge in [-0.15, -0.1) is 0 Å². The second-order valence-corrected chi connectivity index (χ2v) is 4.91. The molecule has 0 saturated carbocycles. The molecule has 1 aliphatic heterocycles. The van der Waals surface area contributed by atoms with Crippen molar-refractivity contribution in [2.45, 2.75) is 0 Å². The number of aromatic hydroxyl groups is 7. The molecule has 0 unspecified atom stereocenters. The molecule has 124 valence electrons. The van der Waals surface area contributed by atoms with E-state index in [1.54, 1.807) is 0 Å². The predicted molar refractivity (Wildman–Crippen MR) is 77.5 cm³/mol. The number of hydrogen-bond acceptors (Lipinski definition) is 9. The summed E-state index contributed by atoms with van der Waals surface area (Å²) >= 11 is 0. The van der Waals surface area contributed by atoms with Crippen LogP contribution in [0.15, 0.2) is 17.9 Å². The van der Waals surface area contributed by atoms with Crippen molar-refractivity contribution >= 4 is 11.9 Å². The number of benzene rings is 2. The quantitative estimate of drug-likeness (QED) is 0.230. The van der Waals surface area contributed by atoms with Crippen LogP contribution in [0.2, 0.25) is 0 Å². The molecule has 2 aromatic carbocycles. The maximum atomic E-state index is 12.3. The van der Waals surface area contributed by atoms with Crippen LogP contribution in [-0.4, -0.2) is 41.5 Å². The van der Waals surface area contributed by atoms with Crippen molar-refractivity contribution in [3.8, 4) is 46.0 Å². The van der Waals surface area contributed by atoms with Crippen molar-refractivity contribution in [2.24, 2.45) is 0 Å². The largest absolute Gasteiger partial charge is 0.504 e. The highest BCUT2D eigenvalue weighted by Crippen LogP contribution is 2.55. The molecule has 0 bridgehead atoms. The summed E-state index contributed by atoms with van der Waals surface area (Å²) in [4.78, 5) is 12.3. The van der Waals surface area contributed by atoms with Gasteiger partial charge in [0.15, 0.2) is 28.8 Å². The van der Waals surface area contributed by atoms with Crippen LogP contribution in [0, 0.1) is 0 Å². The summed E-state index contributed by atoms with van der Waals surface area (Å²) in [5.74, 6) is -8.19. The SMILES string of the molecule is O=C1C(=Cc2ccc(O)c(O)c2O)Oc2c(O)c(O)c(O)c(O)c21. The molecule has 7 N–H and O–H groups in total. The van der Waals surface area contributed by atoms with Gasteiger partial charge in [0.05, 0.1) is 0 Å². The van der Waals surface area contributed by atoms with Crippen LogP contribution in [0.3, 0.4) is 0 Å². The number of phenolic OH excluding ortho intramolecular Hbond substituents is 7. The van der Waals surface area contributed by atoms with Crippen LogP contribution in [0.4, 0.5) is 0 Å². The molecule has 9 heteroatoms. The van der Waals surface area contributed by atoms with E-state index < -0.39 is 63.1 Å². The zero-order chi connectivity index (χ0) is 17.8. The highest BCUT2D eigenvalue weighted by Gasteiger charge is 2.37. The Morgan fingerprint density at radius 2 is 1.38 bits per heavy atom. The Labute approximate surface area is 133 Å². The molecule has 24 heavy (non-hydrogen) atoms. The summed E-state index contributed by atoms with van der Waals surface area (Å²) in [7, 11) is 0. The fraction of sp³-hybridized carbons (Fsp3) is 0. The van der Waals surface area contributed by atoms with Crippen molar-refractivity contribution in [1.82, 2.24) is 0 Å². The van der Waals surface area contributed by atoms with Gasteiger partial charge in [0, 0.05) is 5.56 Å². The van der Waals surface area contributed by atoms with Crippen LogP contribution in [0.5, 0.6) is 46.0 Å². The zero-order valence-electron chi connectivity index (χ0n) is 11.7. The minimum atomic E-state index is -1.09. The van der Waals surface area contributed by atoms with Crippen LogP contribution >= 0.6 is 0 Å². The van der Waals surface area contributed by atoms with Gasteiger partial charge < -0.3 is 40.5 Å². The van der Waals surface area contributed by atoms with E-state index in [0.717, 1.165) is 12.1 Å². The molecular formula is C15H10O9. The third-order valence-corrected chi connectivity index (χ3v) is 3.46. The van der Waals surface area contributed by atoms with Gasteiger partial charge in [-0.1, -0.05) is 0 Å². The van der Waals surface area contributed by atoms with Gasteiger partial charge in [0.1, 0.15) is 5.56 Å². The number of hydrogen-bond donors (Lipinski definition) is 7. The Morgan fingerprint density at radius 3 is 2.04 bits per heavy atom. The van der Waals surface area contributed by atoms with Gasteiger partial charge in [-0.3, -0.25) is 4.79 Å². The minimum absolute atomic E-state index is 0.103. The lowest BCUT2D eigenvalue weighted by atomic mass is 10.1. The summed E-state index contributed by atoms with van der Waals surface area (Å²) in [6.45, 7) is 0. The Bertz CT molecular complexity index is 928. The van der Waals surface area contributed by atoms with Crippen molar-refractivity contribution in [3.05, 3.63) is 29.0 Å². The number of rotatable bonds is 1. The molecule has 0 amide bonds. The molecule has 2 aromatic rings. The number of ketones is 1. The number of carbonyl (C=O) groups is 1. The van der Waals surface area contributed by atoms with Crippen LogP contribution in [0.25, 0.3) is 6.08 Å². The third kappa shape index (κ3) is 1.92. The Morgan fingerprint density at radius 1 is 0.750 bits per heavy atom. The van der Waals surface area contributed by atoms with E-state index in [-0.39, 0.29) is 5.56 Å². The monoisotopic (exact) mass is 334 g/mol. The van der Waals surface area contributed by atoms with Gasteiger partial charge in [-0.05, 0) is 18.2 Å². The summed E-state index contributed by atoms with van der Waals surface area (Å²) in [5.41, 5.74) is -0.676. The summed E-state index contributed by atoms with van der Waals surface area (Å²) in [6, 6.07) is 2.23. The van der Waals surface area contributed by atoms with Gasteiger partial charge in [0.25, 0.3) is 0 Å². The molecule has 3 rings (SSSR count). The molecule has 0 atom stereocenters. The standard InChI is InChI=1S/C15H10O9/c16-5-2-1-4(8(17)9(5)18)3-6-10(19)7-11(20)12(21)13(22)14(23)15(7)24-6/h1-3,16-18,20-23H. The number of carbonyl (C=O) groups excluding carboxylic acids is 1. The third-order valence-electron chi connectivity index (χ3n) is 3.46. The second kappa shape index (κ2) is 4.88. The number of fused-ring (bicyclic) bond motifs is 1. The van der Waals surface area contributed by atoms with Crippen molar-refractivity contribution < 1.29 is 45.3 Å². The first-order chi connectivity index (χ1) is 11.2. The van der Waals surface area contributed by atoms with Gasteiger partial charge in [0.2, 0.25) is 28.8 Å². The molecule has 1 aliphatic rings. The van der Waals surface area contributed by atoms with E-state index in [9.17, 15) is 40.5 Å². The van der Waals surface area contributed by atoms with Crippen LogP contribution in [0.1, 0.15) is 15.9 Å². The summed E-state index contributed by atoms with van der Waals surface area (Å²) in [5, 5.41) is 66.8. The number of ether oxygens (including phenoxy) is 1. The molecular weight excluding hydrogens is 324 g/mol. The lowest BCUT2D eigenvalue weighted by Crippen LogP contribution is -1.98. The van der Waals surface area contributed by atoms with E-state index in [1.807, 2.05) is 0 Å². The van der Waals surface area contributed by atoms with E-state index >= 15 is 0 Å². The molecule has 9 nitrogen and oxygen atoms in total. The first-order valence-electron chi connectivity index (χ1n) is 6.42.